The van der Waals surface area contributed by atoms with Crippen LogP contribution < -0.4 is 10.8 Å². The molecule has 10 heteroatoms. The number of hydrogen-bond donors (Lipinski definition) is 2. The second-order valence-corrected chi connectivity index (χ2v) is 16.4. The van der Waals surface area contributed by atoms with Crippen LogP contribution in [0.1, 0.15) is 107 Å². The fraction of sp³-hybridized carbons (Fsp3) is 0.629. The van der Waals surface area contributed by atoms with E-state index in [1.807, 2.05) is 12.1 Å². The predicted molar refractivity (Wildman–Crippen MR) is 181 cm³/mol. The molecule has 0 spiro atoms. The van der Waals surface area contributed by atoms with Gasteiger partial charge in [0.15, 0.2) is 5.01 Å². The van der Waals surface area contributed by atoms with E-state index in [-0.39, 0.29) is 23.5 Å². The van der Waals surface area contributed by atoms with Gasteiger partial charge in [-0.3, -0.25) is 4.79 Å². The molecule has 0 bridgehead atoms. The molecule has 2 N–H and O–H groups in total. The van der Waals surface area contributed by atoms with Crippen molar-refractivity contribution in [3.05, 3.63) is 52.2 Å². The number of thiazole rings is 1. The monoisotopic (exact) mass is 632 g/mol. The van der Waals surface area contributed by atoms with Gasteiger partial charge in [0, 0.05) is 25.3 Å². The lowest BCUT2D eigenvalue weighted by atomic mass is 9.71. The number of pyridine rings is 1. The average molecular weight is 633 g/mol. The highest BCUT2D eigenvalue weighted by Gasteiger charge is 2.51. The first-order chi connectivity index (χ1) is 21.2. The van der Waals surface area contributed by atoms with Crippen LogP contribution in [0.25, 0.3) is 10.3 Å². The lowest BCUT2D eigenvalue weighted by molar-refractivity contribution is 0.00578. The van der Waals surface area contributed by atoms with Crippen molar-refractivity contribution < 1.29 is 19.2 Å². The Morgan fingerprint density at radius 2 is 1.76 bits per heavy atom. The standard InChI is InChI=1S/C35H49BN4O4S/c1-33(2,3)24-10-13-27-23(20-24)21-29-31(38-27)45-32(39-29)30(42)37-28(16-19-40-17-14-26(41)15-18-40)22-8-11-25(12-9-22)36-43-34(4,5)35(6,7)44-36/h8-9,11-12,21,24,26,28,41H,10,13-20H2,1-7H3,(H,37,42)/t24-,28+/m0/s1. The van der Waals surface area contributed by atoms with Gasteiger partial charge < -0.3 is 24.6 Å². The van der Waals surface area contributed by atoms with E-state index in [4.69, 9.17) is 19.3 Å². The van der Waals surface area contributed by atoms with Crippen LogP contribution in [-0.4, -0.2) is 69.9 Å². The molecular weight excluding hydrogens is 583 g/mol. The highest BCUT2D eigenvalue weighted by molar-refractivity contribution is 7.19. The Morgan fingerprint density at radius 1 is 1.09 bits per heavy atom. The number of carbonyl (C=O) groups is 1. The summed E-state index contributed by atoms with van der Waals surface area (Å²) in [5.41, 5.74) is 4.68. The van der Waals surface area contributed by atoms with Crippen molar-refractivity contribution in [2.75, 3.05) is 19.6 Å². The number of aliphatic hydroxyl groups is 1. The number of carbonyl (C=O) groups excluding carboxylic acids is 1. The molecule has 6 rings (SSSR count). The molecule has 2 aliphatic heterocycles. The second-order valence-electron chi connectivity index (χ2n) is 15.4. The van der Waals surface area contributed by atoms with Crippen molar-refractivity contribution in [1.29, 1.82) is 0 Å². The van der Waals surface area contributed by atoms with Gasteiger partial charge in [0.05, 0.1) is 23.3 Å². The van der Waals surface area contributed by atoms with Crippen LogP contribution in [0.3, 0.4) is 0 Å². The number of hydrogen-bond acceptors (Lipinski definition) is 8. The number of amides is 1. The molecule has 2 atom stereocenters. The number of aromatic nitrogens is 2. The molecule has 242 valence electrons. The molecule has 1 aliphatic carbocycles. The number of piperidine rings is 1. The van der Waals surface area contributed by atoms with Gasteiger partial charge >= 0.3 is 7.12 Å². The molecule has 45 heavy (non-hydrogen) atoms. The van der Waals surface area contributed by atoms with Crippen LogP contribution in [0.5, 0.6) is 0 Å². The summed E-state index contributed by atoms with van der Waals surface area (Å²) in [6.07, 6.45) is 5.26. The third-order valence-electron chi connectivity index (χ3n) is 10.6. The Kier molecular flexibility index (Phi) is 8.93. The smallest absolute Gasteiger partial charge is 0.399 e. The molecular formula is C35H49BN4O4S. The second kappa shape index (κ2) is 12.3. The summed E-state index contributed by atoms with van der Waals surface area (Å²) in [4.78, 5) is 26.7. The maximum absolute atomic E-state index is 13.7. The molecule has 1 amide bonds. The quantitative estimate of drug-likeness (QED) is 0.334. The van der Waals surface area contributed by atoms with Crippen molar-refractivity contribution in [3.63, 3.8) is 0 Å². The first-order valence-corrected chi connectivity index (χ1v) is 17.5. The Balaban J connectivity index is 1.20. The topological polar surface area (TPSA) is 96.8 Å². The zero-order valence-electron chi connectivity index (χ0n) is 28.0. The van der Waals surface area contributed by atoms with E-state index in [9.17, 15) is 9.90 Å². The molecule has 2 aromatic heterocycles. The Hall–Kier alpha value is -2.37. The number of rotatable bonds is 7. The largest absolute Gasteiger partial charge is 0.494 e. The number of aliphatic hydroxyl groups excluding tert-OH is 1. The molecule has 8 nitrogen and oxygen atoms in total. The van der Waals surface area contributed by atoms with Gasteiger partial charge in [-0.05, 0) is 100 Å². The fourth-order valence-corrected chi connectivity index (χ4v) is 7.55. The van der Waals surface area contributed by atoms with Crippen molar-refractivity contribution in [1.82, 2.24) is 20.2 Å². The van der Waals surface area contributed by atoms with Gasteiger partial charge in [0.25, 0.3) is 5.91 Å². The summed E-state index contributed by atoms with van der Waals surface area (Å²) in [5, 5.41) is 13.7. The van der Waals surface area contributed by atoms with Crippen molar-refractivity contribution in [2.24, 2.45) is 11.3 Å². The molecule has 4 heterocycles. The van der Waals surface area contributed by atoms with Crippen molar-refractivity contribution in [2.45, 2.75) is 110 Å². The van der Waals surface area contributed by atoms with E-state index < -0.39 is 18.3 Å². The lowest BCUT2D eigenvalue weighted by Gasteiger charge is -2.34. The zero-order valence-corrected chi connectivity index (χ0v) is 28.8. The molecule has 0 saturated carbocycles. The number of nitrogens with zero attached hydrogens (tertiary/aromatic N) is 3. The Bertz CT molecular complexity index is 1510. The van der Waals surface area contributed by atoms with Crippen LogP contribution in [0, 0.1) is 11.3 Å². The van der Waals surface area contributed by atoms with Crippen molar-refractivity contribution in [3.8, 4) is 0 Å². The van der Waals surface area contributed by atoms with E-state index >= 15 is 0 Å². The Labute approximate surface area is 272 Å². The maximum Gasteiger partial charge on any atom is 0.494 e. The molecule has 3 aromatic rings. The minimum atomic E-state index is -0.434. The summed E-state index contributed by atoms with van der Waals surface area (Å²) in [6.45, 7) is 17.7. The summed E-state index contributed by atoms with van der Waals surface area (Å²) in [6, 6.07) is 10.2. The molecule has 1 aromatic carbocycles. The van der Waals surface area contributed by atoms with Gasteiger partial charge in [0.1, 0.15) is 10.3 Å². The van der Waals surface area contributed by atoms with Crippen LogP contribution in [-0.2, 0) is 22.2 Å². The summed E-state index contributed by atoms with van der Waals surface area (Å²) in [7, 11) is -0.434. The molecule has 3 aliphatic rings. The van der Waals surface area contributed by atoms with E-state index in [1.54, 1.807) is 0 Å². The zero-order chi connectivity index (χ0) is 32.1. The summed E-state index contributed by atoms with van der Waals surface area (Å²) < 4.78 is 12.5. The number of likely N-dealkylation sites (tertiary alicyclic amines) is 1. The van der Waals surface area contributed by atoms with E-state index in [1.165, 1.54) is 16.9 Å². The van der Waals surface area contributed by atoms with E-state index in [0.29, 0.717) is 10.9 Å². The Morgan fingerprint density at radius 3 is 2.40 bits per heavy atom. The number of fused-ring (bicyclic) bond motifs is 2. The third kappa shape index (κ3) is 7.00. The number of aryl methyl sites for hydroxylation is 1. The SMILES string of the molecule is CC(C)(C)[C@H]1CCc2nc3sc(C(=O)N[C@H](CCN4CCC(O)CC4)c4ccc(B5OC(C)(C)C(C)(C)O5)cc4)nc3cc2C1. The first kappa shape index (κ1) is 32.6. The van der Waals surface area contributed by atoms with Gasteiger partial charge in [-0.2, -0.15) is 0 Å². The molecule has 2 fully saturated rings. The van der Waals surface area contributed by atoms with Gasteiger partial charge in [-0.1, -0.05) is 56.4 Å². The van der Waals surface area contributed by atoms with Crippen LogP contribution in [0.2, 0.25) is 0 Å². The average Bonchev–Trinajstić information content (AvgIpc) is 3.50. The maximum atomic E-state index is 13.7. The minimum Gasteiger partial charge on any atom is -0.399 e. The molecule has 0 unspecified atom stereocenters. The van der Waals surface area contributed by atoms with Crippen LogP contribution in [0.4, 0.5) is 0 Å². The number of nitrogens with one attached hydrogen (secondary N) is 1. The van der Waals surface area contributed by atoms with Crippen LogP contribution in [0.15, 0.2) is 30.3 Å². The van der Waals surface area contributed by atoms with Gasteiger partial charge in [-0.15, -0.1) is 0 Å². The summed E-state index contributed by atoms with van der Waals surface area (Å²) >= 11 is 1.38. The first-order valence-electron chi connectivity index (χ1n) is 16.6. The third-order valence-corrected chi connectivity index (χ3v) is 11.6. The van der Waals surface area contributed by atoms with E-state index in [2.05, 4.69) is 76.9 Å². The summed E-state index contributed by atoms with van der Waals surface area (Å²) in [5.74, 6) is 0.448. The molecule has 2 saturated heterocycles. The van der Waals surface area contributed by atoms with Gasteiger partial charge in [0.2, 0.25) is 0 Å². The fourth-order valence-electron chi connectivity index (χ4n) is 6.71. The van der Waals surface area contributed by atoms with E-state index in [0.717, 1.165) is 85.2 Å². The highest BCUT2D eigenvalue weighted by atomic mass is 32.1. The van der Waals surface area contributed by atoms with Gasteiger partial charge in [-0.25, -0.2) is 9.97 Å². The number of benzene rings is 1. The minimum absolute atomic E-state index is 0.169. The molecule has 0 radical (unpaired) electrons. The highest BCUT2D eigenvalue weighted by Crippen LogP contribution is 2.39. The van der Waals surface area contributed by atoms with Crippen molar-refractivity contribution >= 4 is 40.2 Å². The predicted octanol–water partition coefficient (Wildman–Crippen LogP) is 5.46. The lowest BCUT2D eigenvalue weighted by Crippen LogP contribution is -2.41. The van der Waals surface area contributed by atoms with Crippen LogP contribution >= 0.6 is 11.3 Å². The normalized spacial score (nSPS) is 22.8.